The Hall–Kier alpha value is -1.53. The summed E-state index contributed by atoms with van der Waals surface area (Å²) >= 11 is 0. The van der Waals surface area contributed by atoms with Crippen LogP contribution < -0.4 is 10.6 Å². The number of rotatable bonds is 2. The second-order valence-corrected chi connectivity index (χ2v) is 4.95. The number of anilines is 2. The van der Waals surface area contributed by atoms with Crippen LogP contribution in [0.2, 0.25) is 0 Å². The average molecular weight is 294 g/mol. The highest BCUT2D eigenvalue weighted by molar-refractivity contribution is 5.60. The molecule has 2 nitrogen and oxygen atoms in total. The van der Waals surface area contributed by atoms with E-state index in [4.69, 9.17) is 5.73 Å². The molecule has 20 heavy (non-hydrogen) atoms. The van der Waals surface area contributed by atoms with Gasteiger partial charge >= 0.3 is 6.18 Å². The van der Waals surface area contributed by atoms with Crippen LogP contribution in [0.3, 0.4) is 0 Å². The topological polar surface area (TPSA) is 29.3 Å². The smallest absolute Gasteiger partial charge is 0.393 e. The molecule has 1 heterocycles. The predicted octanol–water partition coefficient (Wildman–Crippen LogP) is 3.99. The summed E-state index contributed by atoms with van der Waals surface area (Å²) in [6, 6.07) is 3.92. The van der Waals surface area contributed by atoms with Gasteiger partial charge in [0.05, 0.1) is 5.92 Å². The lowest BCUT2D eigenvalue weighted by atomic mass is 9.96. The van der Waals surface area contributed by atoms with Crippen molar-refractivity contribution < 1.29 is 22.0 Å². The quantitative estimate of drug-likeness (QED) is 0.660. The van der Waals surface area contributed by atoms with Gasteiger partial charge in [0.1, 0.15) is 0 Å². The van der Waals surface area contributed by atoms with E-state index in [1.807, 2.05) is 0 Å². The molecule has 0 radical (unpaired) electrons. The molecule has 1 aliphatic heterocycles. The molecule has 1 aromatic carbocycles. The highest BCUT2D eigenvalue weighted by Gasteiger charge is 2.42. The van der Waals surface area contributed by atoms with Crippen molar-refractivity contribution in [2.45, 2.75) is 25.4 Å². The van der Waals surface area contributed by atoms with Crippen molar-refractivity contribution in [1.82, 2.24) is 0 Å². The molecule has 1 aliphatic rings. The molecule has 1 fully saturated rings. The van der Waals surface area contributed by atoms with Crippen LogP contribution >= 0.6 is 0 Å². The molecule has 1 unspecified atom stereocenters. The molecule has 0 aromatic heterocycles. The molecule has 1 saturated heterocycles. The fourth-order valence-corrected chi connectivity index (χ4v) is 2.50. The molecule has 7 heteroatoms. The Bertz CT molecular complexity index is 472. The summed E-state index contributed by atoms with van der Waals surface area (Å²) in [7, 11) is 0. The van der Waals surface area contributed by atoms with Gasteiger partial charge in [0.15, 0.2) is 0 Å². The standard InChI is InChI=1S/C13H15F5N2/c14-12(15)10-6-9(19)3-4-11(10)20-5-1-2-8(7-20)13(16,17)18/h3-4,6,8,12H,1-2,5,7,19H2. The fourth-order valence-electron chi connectivity index (χ4n) is 2.50. The van der Waals surface area contributed by atoms with Crippen LogP contribution in [0.25, 0.3) is 0 Å². The number of nitrogen functional groups attached to an aromatic ring is 1. The third-order valence-corrected chi connectivity index (χ3v) is 3.51. The van der Waals surface area contributed by atoms with Crippen molar-refractivity contribution in [2.75, 3.05) is 23.7 Å². The van der Waals surface area contributed by atoms with Gasteiger partial charge in [-0.2, -0.15) is 13.2 Å². The zero-order chi connectivity index (χ0) is 14.9. The number of nitrogens with two attached hydrogens (primary N) is 1. The van der Waals surface area contributed by atoms with Crippen LogP contribution in [0.5, 0.6) is 0 Å². The Labute approximate surface area is 113 Å². The van der Waals surface area contributed by atoms with Gasteiger partial charge in [-0.15, -0.1) is 0 Å². The van der Waals surface area contributed by atoms with E-state index < -0.39 is 18.5 Å². The molecule has 0 spiro atoms. The first-order valence-corrected chi connectivity index (χ1v) is 6.28. The summed E-state index contributed by atoms with van der Waals surface area (Å²) < 4.78 is 64.3. The van der Waals surface area contributed by atoms with E-state index in [9.17, 15) is 22.0 Å². The highest BCUT2D eigenvalue weighted by Crippen LogP contribution is 2.38. The molecule has 1 aromatic rings. The van der Waals surface area contributed by atoms with E-state index >= 15 is 0 Å². The molecule has 0 aliphatic carbocycles. The van der Waals surface area contributed by atoms with Crippen molar-refractivity contribution in [3.63, 3.8) is 0 Å². The van der Waals surface area contributed by atoms with Gasteiger partial charge in [0.2, 0.25) is 0 Å². The Morgan fingerprint density at radius 2 is 1.95 bits per heavy atom. The van der Waals surface area contributed by atoms with Crippen molar-refractivity contribution in [3.05, 3.63) is 23.8 Å². The highest BCUT2D eigenvalue weighted by atomic mass is 19.4. The minimum Gasteiger partial charge on any atom is -0.399 e. The van der Waals surface area contributed by atoms with Crippen LogP contribution in [0, 0.1) is 5.92 Å². The van der Waals surface area contributed by atoms with Crippen LogP contribution in [-0.4, -0.2) is 19.3 Å². The Balaban J connectivity index is 2.27. The first-order chi connectivity index (χ1) is 9.29. The molecule has 0 saturated carbocycles. The van der Waals surface area contributed by atoms with Crippen LogP contribution in [0.4, 0.5) is 33.3 Å². The van der Waals surface area contributed by atoms with Gasteiger partial charge in [-0.05, 0) is 31.0 Å². The Kier molecular flexibility index (Phi) is 4.06. The first kappa shape index (κ1) is 14.9. The van der Waals surface area contributed by atoms with E-state index in [0.29, 0.717) is 13.0 Å². The van der Waals surface area contributed by atoms with Crippen LogP contribution in [0.15, 0.2) is 18.2 Å². The number of nitrogens with zero attached hydrogens (tertiary/aromatic N) is 1. The molecule has 112 valence electrons. The van der Waals surface area contributed by atoms with E-state index in [2.05, 4.69) is 0 Å². The number of piperidine rings is 1. The van der Waals surface area contributed by atoms with E-state index in [0.717, 1.165) is 6.07 Å². The third kappa shape index (κ3) is 3.13. The monoisotopic (exact) mass is 294 g/mol. The number of alkyl halides is 5. The molecule has 1 atom stereocenters. The van der Waals surface area contributed by atoms with Gasteiger partial charge < -0.3 is 10.6 Å². The first-order valence-electron chi connectivity index (χ1n) is 6.28. The predicted molar refractivity (Wildman–Crippen MR) is 66.8 cm³/mol. The van der Waals surface area contributed by atoms with Crippen molar-refractivity contribution in [3.8, 4) is 0 Å². The molecule has 0 amide bonds. The van der Waals surface area contributed by atoms with Gasteiger partial charge in [0, 0.05) is 30.0 Å². The largest absolute Gasteiger partial charge is 0.399 e. The summed E-state index contributed by atoms with van der Waals surface area (Å²) in [5.41, 5.74) is 5.46. The number of hydrogen-bond donors (Lipinski definition) is 1. The summed E-state index contributed by atoms with van der Waals surface area (Å²) in [6.45, 7) is 0.0589. The zero-order valence-electron chi connectivity index (χ0n) is 10.6. The third-order valence-electron chi connectivity index (χ3n) is 3.51. The van der Waals surface area contributed by atoms with Gasteiger partial charge in [0.25, 0.3) is 6.43 Å². The maximum Gasteiger partial charge on any atom is 0.393 e. The Morgan fingerprint density at radius 3 is 2.55 bits per heavy atom. The maximum absolute atomic E-state index is 13.0. The maximum atomic E-state index is 13.0. The number of hydrogen-bond acceptors (Lipinski definition) is 2. The minimum atomic E-state index is -4.29. The van der Waals surface area contributed by atoms with Crippen molar-refractivity contribution in [2.24, 2.45) is 5.92 Å². The lowest BCUT2D eigenvalue weighted by Gasteiger charge is -2.36. The molecule has 2 rings (SSSR count). The van der Waals surface area contributed by atoms with E-state index in [1.54, 1.807) is 0 Å². The van der Waals surface area contributed by atoms with Gasteiger partial charge in [-0.3, -0.25) is 0 Å². The zero-order valence-corrected chi connectivity index (χ0v) is 10.6. The second kappa shape index (κ2) is 5.46. The number of benzene rings is 1. The Morgan fingerprint density at radius 1 is 1.25 bits per heavy atom. The fraction of sp³-hybridized carbons (Fsp3) is 0.538. The lowest BCUT2D eigenvalue weighted by molar-refractivity contribution is -0.176. The number of halogens is 5. The SMILES string of the molecule is Nc1ccc(N2CCCC(C(F)(F)F)C2)c(C(F)F)c1. The van der Waals surface area contributed by atoms with E-state index in [-0.39, 0.29) is 29.9 Å². The molecule has 2 N–H and O–H groups in total. The lowest BCUT2D eigenvalue weighted by Crippen LogP contribution is -2.42. The van der Waals surface area contributed by atoms with Crippen LogP contribution in [-0.2, 0) is 0 Å². The second-order valence-electron chi connectivity index (χ2n) is 4.95. The summed E-state index contributed by atoms with van der Waals surface area (Å²) in [5.74, 6) is -1.47. The molecular formula is C13H15F5N2. The average Bonchev–Trinajstić information content (AvgIpc) is 2.37. The van der Waals surface area contributed by atoms with Crippen molar-refractivity contribution >= 4 is 11.4 Å². The summed E-state index contributed by atoms with van der Waals surface area (Å²) in [4.78, 5) is 1.38. The summed E-state index contributed by atoms with van der Waals surface area (Å²) in [6.07, 6.45) is -6.69. The minimum absolute atomic E-state index is 0.0407. The van der Waals surface area contributed by atoms with Crippen LogP contribution in [0.1, 0.15) is 24.8 Å². The van der Waals surface area contributed by atoms with Crippen molar-refractivity contribution in [1.29, 1.82) is 0 Å². The van der Waals surface area contributed by atoms with Gasteiger partial charge in [-0.25, -0.2) is 8.78 Å². The van der Waals surface area contributed by atoms with E-state index in [1.165, 1.54) is 17.0 Å². The molecule has 0 bridgehead atoms. The normalized spacial score (nSPS) is 20.5. The summed E-state index contributed by atoms with van der Waals surface area (Å²) in [5, 5.41) is 0. The molecular weight excluding hydrogens is 279 g/mol. The van der Waals surface area contributed by atoms with Gasteiger partial charge in [-0.1, -0.05) is 0 Å².